The summed E-state index contributed by atoms with van der Waals surface area (Å²) in [5.74, 6) is 0.393. The number of hydrogen-bond acceptors (Lipinski definition) is 2. The van der Waals surface area contributed by atoms with Gasteiger partial charge in [0.1, 0.15) is 11.7 Å². The van der Waals surface area contributed by atoms with Crippen LogP contribution in [0.1, 0.15) is 12.5 Å². The fourth-order valence-corrected chi connectivity index (χ4v) is 1.49. The number of nitrogens with zero attached hydrogens (tertiary/aromatic N) is 2. The lowest BCUT2D eigenvalue weighted by molar-refractivity contribution is 0.158. The molecule has 0 radical (unpaired) electrons. The second-order valence-electron chi connectivity index (χ2n) is 3.78. The number of rotatable bonds is 6. The zero-order chi connectivity index (χ0) is 14.1. The van der Waals surface area contributed by atoms with Crippen molar-refractivity contribution in [2.45, 2.75) is 19.8 Å². The summed E-state index contributed by atoms with van der Waals surface area (Å²) in [5.41, 5.74) is 1.02. The molecular weight excluding hydrogens is 401 g/mol. The molecule has 0 bridgehead atoms. The average Bonchev–Trinajstić information content (AvgIpc) is 2.38. The van der Waals surface area contributed by atoms with Crippen molar-refractivity contribution >= 4 is 41.5 Å². The molecule has 0 saturated heterocycles. The zero-order valence-electron chi connectivity index (χ0n) is 11.1. The number of nitrogens with one attached hydrogen (secondary N) is 2. The van der Waals surface area contributed by atoms with Crippen LogP contribution in [0.15, 0.2) is 23.3 Å². The Morgan fingerprint density at radius 2 is 2.15 bits per heavy atom. The molecule has 0 aliphatic heterocycles. The molecule has 114 valence electrons. The van der Waals surface area contributed by atoms with E-state index in [1.54, 1.807) is 12.3 Å². The molecule has 20 heavy (non-hydrogen) atoms. The largest absolute Gasteiger partial charge is 0.357 e. The molecule has 0 aliphatic carbocycles. The number of aliphatic imine (C=N–C) groups is 1. The van der Waals surface area contributed by atoms with E-state index in [4.69, 9.17) is 11.6 Å². The summed E-state index contributed by atoms with van der Waals surface area (Å²) in [6, 6.07) is 3.59. The minimum Gasteiger partial charge on any atom is -0.357 e. The van der Waals surface area contributed by atoms with Gasteiger partial charge in [0.2, 0.25) is 0 Å². The first-order chi connectivity index (χ1) is 9.11. The standard InChI is InChI=1S/C12H17ClF2N4.HI/c1-2-16-12(19-8-11(14)15)17-6-5-9-3-4-10(13)18-7-9;/h3-4,7,11H,2,5-6,8H2,1H3,(H2,16,17,19);1H. The first kappa shape index (κ1) is 19.3. The molecule has 0 amide bonds. The lowest BCUT2D eigenvalue weighted by Crippen LogP contribution is -2.38. The molecule has 0 aromatic carbocycles. The van der Waals surface area contributed by atoms with Gasteiger partial charge in [-0.2, -0.15) is 0 Å². The van der Waals surface area contributed by atoms with E-state index in [0.717, 1.165) is 5.56 Å². The summed E-state index contributed by atoms with van der Waals surface area (Å²) >= 11 is 5.68. The van der Waals surface area contributed by atoms with E-state index in [9.17, 15) is 8.78 Å². The van der Waals surface area contributed by atoms with E-state index in [-0.39, 0.29) is 24.0 Å². The van der Waals surface area contributed by atoms with Crippen LogP contribution in [-0.4, -0.2) is 37.0 Å². The van der Waals surface area contributed by atoms with Crippen molar-refractivity contribution in [3.05, 3.63) is 29.0 Å². The van der Waals surface area contributed by atoms with Gasteiger partial charge in [0, 0.05) is 19.3 Å². The van der Waals surface area contributed by atoms with Crippen LogP contribution < -0.4 is 10.6 Å². The SMILES string of the molecule is CCNC(=NCC(F)F)NCCc1ccc(Cl)nc1.I. The van der Waals surface area contributed by atoms with Crippen LogP contribution in [0.25, 0.3) is 0 Å². The molecule has 1 heterocycles. The van der Waals surface area contributed by atoms with Crippen molar-refractivity contribution in [3.63, 3.8) is 0 Å². The minimum absolute atomic E-state index is 0. The molecule has 0 fully saturated rings. The predicted octanol–water partition coefficient (Wildman–Crippen LogP) is 2.72. The number of pyridine rings is 1. The molecule has 0 atom stereocenters. The minimum atomic E-state index is -2.43. The van der Waals surface area contributed by atoms with E-state index in [1.165, 1.54) is 0 Å². The molecule has 1 aromatic rings. The van der Waals surface area contributed by atoms with Crippen molar-refractivity contribution in [2.75, 3.05) is 19.6 Å². The van der Waals surface area contributed by atoms with Crippen molar-refractivity contribution < 1.29 is 8.78 Å². The summed E-state index contributed by atoms with van der Waals surface area (Å²) in [4.78, 5) is 7.73. The van der Waals surface area contributed by atoms with Gasteiger partial charge in [-0.1, -0.05) is 17.7 Å². The van der Waals surface area contributed by atoms with Crippen LogP contribution in [0.4, 0.5) is 8.78 Å². The summed E-state index contributed by atoms with van der Waals surface area (Å²) < 4.78 is 24.2. The van der Waals surface area contributed by atoms with Crippen LogP contribution >= 0.6 is 35.6 Å². The molecule has 8 heteroatoms. The Bertz CT molecular complexity index is 401. The van der Waals surface area contributed by atoms with Crippen molar-refractivity contribution in [1.82, 2.24) is 15.6 Å². The third-order valence-electron chi connectivity index (χ3n) is 2.23. The first-order valence-corrected chi connectivity index (χ1v) is 6.40. The van der Waals surface area contributed by atoms with Crippen LogP contribution in [-0.2, 0) is 6.42 Å². The Morgan fingerprint density at radius 1 is 1.40 bits per heavy atom. The molecule has 2 N–H and O–H groups in total. The Morgan fingerprint density at radius 3 is 2.70 bits per heavy atom. The fourth-order valence-electron chi connectivity index (χ4n) is 1.38. The highest BCUT2D eigenvalue weighted by molar-refractivity contribution is 14.0. The van der Waals surface area contributed by atoms with Crippen LogP contribution in [0.2, 0.25) is 5.15 Å². The van der Waals surface area contributed by atoms with Crippen molar-refractivity contribution in [2.24, 2.45) is 4.99 Å². The number of aromatic nitrogens is 1. The average molecular weight is 419 g/mol. The molecule has 1 aromatic heterocycles. The second-order valence-corrected chi connectivity index (χ2v) is 4.16. The summed E-state index contributed by atoms with van der Waals surface area (Å²) in [5, 5.41) is 6.33. The fraction of sp³-hybridized carbons (Fsp3) is 0.500. The highest BCUT2D eigenvalue weighted by atomic mass is 127. The van der Waals surface area contributed by atoms with Crippen LogP contribution in [0, 0.1) is 0 Å². The van der Waals surface area contributed by atoms with E-state index < -0.39 is 13.0 Å². The Kier molecular flexibility index (Phi) is 10.6. The molecule has 0 aliphatic rings. The maximum absolute atomic E-state index is 12.1. The van der Waals surface area contributed by atoms with E-state index in [1.807, 2.05) is 13.0 Å². The Hall–Kier alpha value is -0.700. The van der Waals surface area contributed by atoms with Crippen LogP contribution in [0.3, 0.4) is 0 Å². The molecule has 0 unspecified atom stereocenters. The number of alkyl halides is 2. The maximum atomic E-state index is 12.1. The monoisotopic (exact) mass is 418 g/mol. The smallest absolute Gasteiger partial charge is 0.257 e. The van der Waals surface area contributed by atoms with Crippen molar-refractivity contribution in [1.29, 1.82) is 0 Å². The van der Waals surface area contributed by atoms with Gasteiger partial charge in [-0.3, -0.25) is 0 Å². The topological polar surface area (TPSA) is 49.3 Å². The maximum Gasteiger partial charge on any atom is 0.257 e. The third kappa shape index (κ3) is 8.47. The molecule has 4 nitrogen and oxygen atoms in total. The van der Waals surface area contributed by atoms with Gasteiger partial charge in [-0.15, -0.1) is 24.0 Å². The highest BCUT2D eigenvalue weighted by Gasteiger charge is 2.02. The zero-order valence-corrected chi connectivity index (χ0v) is 14.2. The predicted molar refractivity (Wildman–Crippen MR) is 88.4 cm³/mol. The summed E-state index contributed by atoms with van der Waals surface area (Å²) in [6.07, 6.45) is -0.0350. The van der Waals surface area contributed by atoms with Crippen molar-refractivity contribution in [3.8, 4) is 0 Å². The summed E-state index contributed by atoms with van der Waals surface area (Å²) in [6.45, 7) is 2.58. The van der Waals surface area contributed by atoms with E-state index in [2.05, 4.69) is 20.6 Å². The lowest BCUT2D eigenvalue weighted by Gasteiger charge is -2.11. The van der Waals surface area contributed by atoms with Crippen LogP contribution in [0.5, 0.6) is 0 Å². The van der Waals surface area contributed by atoms with Gasteiger partial charge < -0.3 is 10.6 Å². The van der Waals surface area contributed by atoms with Gasteiger partial charge in [0.25, 0.3) is 6.43 Å². The Balaban J connectivity index is 0.00000361. The van der Waals surface area contributed by atoms with Gasteiger partial charge in [0.15, 0.2) is 5.96 Å². The normalized spacial score (nSPS) is 11.2. The first-order valence-electron chi connectivity index (χ1n) is 6.02. The summed E-state index contributed by atoms with van der Waals surface area (Å²) in [7, 11) is 0. The van der Waals surface area contributed by atoms with E-state index in [0.29, 0.717) is 30.6 Å². The van der Waals surface area contributed by atoms with Gasteiger partial charge in [-0.25, -0.2) is 18.8 Å². The number of guanidine groups is 1. The van der Waals surface area contributed by atoms with Gasteiger partial charge >= 0.3 is 0 Å². The van der Waals surface area contributed by atoms with Gasteiger partial charge in [-0.05, 0) is 25.0 Å². The third-order valence-corrected chi connectivity index (χ3v) is 2.45. The molecular formula is C12H18ClF2IN4. The lowest BCUT2D eigenvalue weighted by atomic mass is 10.2. The second kappa shape index (κ2) is 11.0. The molecule has 1 rings (SSSR count). The molecule has 0 saturated carbocycles. The number of halogens is 4. The van der Waals surface area contributed by atoms with Gasteiger partial charge in [0.05, 0.1) is 0 Å². The number of hydrogen-bond donors (Lipinski definition) is 2. The molecule has 0 spiro atoms. The van der Waals surface area contributed by atoms with E-state index >= 15 is 0 Å². The Labute approximate surface area is 139 Å². The quantitative estimate of drug-likeness (QED) is 0.323. The highest BCUT2D eigenvalue weighted by Crippen LogP contribution is 2.05.